The molecule has 1 aromatic carbocycles. The van der Waals surface area contributed by atoms with Gasteiger partial charge in [0.15, 0.2) is 0 Å². The first-order valence-corrected chi connectivity index (χ1v) is 9.88. The van der Waals surface area contributed by atoms with E-state index in [2.05, 4.69) is 20.0 Å². The van der Waals surface area contributed by atoms with E-state index in [9.17, 15) is 27.9 Å². The van der Waals surface area contributed by atoms with E-state index in [1.54, 1.807) is 27.7 Å². The van der Waals surface area contributed by atoms with E-state index in [4.69, 9.17) is 4.74 Å². The number of nitrogens with zero attached hydrogens (tertiary/aromatic N) is 3. The quantitative estimate of drug-likeness (QED) is 0.658. The van der Waals surface area contributed by atoms with Crippen LogP contribution in [0.1, 0.15) is 39.7 Å². The van der Waals surface area contributed by atoms with Crippen LogP contribution in [0.2, 0.25) is 0 Å². The van der Waals surface area contributed by atoms with E-state index >= 15 is 0 Å². The molecule has 0 aliphatic carbocycles. The predicted molar refractivity (Wildman–Crippen MR) is 110 cm³/mol. The van der Waals surface area contributed by atoms with Gasteiger partial charge < -0.3 is 29.6 Å². The maximum atomic E-state index is 12.7. The Kier molecular flexibility index (Phi) is 7.72. The minimum absolute atomic E-state index is 0.0115. The van der Waals surface area contributed by atoms with Gasteiger partial charge in [-0.3, -0.25) is 4.79 Å². The van der Waals surface area contributed by atoms with Crippen molar-refractivity contribution in [3.8, 4) is 17.5 Å². The summed E-state index contributed by atoms with van der Waals surface area (Å²) in [6.07, 6.45) is -3.69. The van der Waals surface area contributed by atoms with Gasteiger partial charge in [0.05, 0.1) is 18.1 Å². The van der Waals surface area contributed by atoms with Gasteiger partial charge in [-0.15, -0.1) is 13.2 Å². The first-order chi connectivity index (χ1) is 15.2. The second-order valence-electron chi connectivity index (χ2n) is 8.05. The number of hydrogen-bond donors (Lipinski definition) is 1. The number of carbonyl (C=O) groups is 2. The van der Waals surface area contributed by atoms with Gasteiger partial charge in [-0.2, -0.15) is 0 Å². The highest BCUT2D eigenvalue weighted by Gasteiger charge is 2.33. The Labute approximate surface area is 188 Å². The summed E-state index contributed by atoms with van der Waals surface area (Å²) in [6.45, 7) is 8.04. The molecular formula is C21H24F3N4O5-. The van der Waals surface area contributed by atoms with Crippen LogP contribution in [-0.2, 0) is 4.79 Å². The molecule has 0 unspecified atom stereocenters. The van der Waals surface area contributed by atoms with Crippen molar-refractivity contribution in [1.29, 1.82) is 0 Å². The fourth-order valence-electron chi connectivity index (χ4n) is 3.00. The Morgan fingerprint density at radius 3 is 2.27 bits per heavy atom. The Balaban J connectivity index is 2.12. The molecule has 33 heavy (non-hydrogen) atoms. The number of benzene rings is 1. The van der Waals surface area contributed by atoms with Crippen molar-refractivity contribution in [3.63, 3.8) is 0 Å². The van der Waals surface area contributed by atoms with E-state index in [1.807, 2.05) is 0 Å². The second-order valence-corrected chi connectivity index (χ2v) is 8.05. The van der Waals surface area contributed by atoms with Crippen molar-refractivity contribution < 1.29 is 37.3 Å². The Hall–Kier alpha value is -3.57. The van der Waals surface area contributed by atoms with Gasteiger partial charge >= 0.3 is 12.4 Å². The number of aromatic nitrogens is 2. The first kappa shape index (κ1) is 25.7. The molecule has 1 N–H and O–H groups in total. The number of carbonyl (C=O) groups excluding carboxylic acids is 2. The maximum absolute atomic E-state index is 12.7. The van der Waals surface area contributed by atoms with E-state index in [0.29, 0.717) is 0 Å². The highest BCUT2D eigenvalue weighted by Crippen LogP contribution is 2.31. The molecule has 1 atom stereocenters. The number of anilines is 1. The maximum Gasteiger partial charge on any atom is 0.573 e. The van der Waals surface area contributed by atoms with Gasteiger partial charge in [0.25, 0.3) is 0 Å². The van der Waals surface area contributed by atoms with Crippen molar-refractivity contribution in [2.24, 2.45) is 0 Å². The minimum atomic E-state index is -4.85. The highest BCUT2D eigenvalue weighted by molar-refractivity contribution is 5.96. The predicted octanol–water partition coefficient (Wildman–Crippen LogP) is 3.64. The molecule has 0 spiro atoms. The van der Waals surface area contributed by atoms with E-state index in [1.165, 1.54) is 31.5 Å². The van der Waals surface area contributed by atoms with Crippen molar-refractivity contribution >= 4 is 17.7 Å². The number of halogens is 3. The number of nitrogens with one attached hydrogen (secondary N) is 1. The molecular weight excluding hydrogens is 445 g/mol. The number of rotatable bonds is 7. The van der Waals surface area contributed by atoms with E-state index in [0.717, 1.165) is 11.0 Å². The summed E-state index contributed by atoms with van der Waals surface area (Å²) in [4.78, 5) is 33.0. The molecule has 2 amide bonds. The number of ether oxygens (including phenoxy) is 2. The highest BCUT2D eigenvalue weighted by atomic mass is 19.4. The van der Waals surface area contributed by atoms with Crippen LogP contribution in [-0.4, -0.2) is 44.8 Å². The molecule has 0 aliphatic rings. The Morgan fingerprint density at radius 1 is 1.18 bits per heavy atom. The molecule has 1 heterocycles. The average Bonchev–Trinajstić information content (AvgIpc) is 2.67. The Morgan fingerprint density at radius 2 is 1.79 bits per heavy atom. The normalized spacial score (nSPS) is 12.6. The zero-order chi connectivity index (χ0) is 25.0. The third kappa shape index (κ3) is 7.22. The lowest BCUT2D eigenvalue weighted by atomic mass is 10.0. The summed E-state index contributed by atoms with van der Waals surface area (Å²) in [5.41, 5.74) is -0.443. The topological polar surface area (TPSA) is 117 Å². The number of carboxylic acid groups (broad SMARTS) is 1. The molecule has 12 heteroatoms. The molecule has 0 fully saturated rings. The average molecular weight is 469 g/mol. The van der Waals surface area contributed by atoms with Crippen molar-refractivity contribution in [3.05, 3.63) is 36.2 Å². The fourth-order valence-corrected chi connectivity index (χ4v) is 3.00. The van der Waals surface area contributed by atoms with Crippen LogP contribution in [0.5, 0.6) is 17.5 Å². The van der Waals surface area contributed by atoms with Crippen molar-refractivity contribution in [1.82, 2.24) is 14.9 Å². The van der Waals surface area contributed by atoms with Crippen molar-refractivity contribution in [2.75, 3.05) is 5.32 Å². The molecule has 1 aromatic heterocycles. The minimum Gasteiger partial charge on any atom is -0.530 e. The number of aryl methyl sites for hydroxylation is 1. The van der Waals surface area contributed by atoms with Crippen LogP contribution in [0.15, 0.2) is 30.6 Å². The lowest BCUT2D eigenvalue weighted by Gasteiger charge is -2.42. The van der Waals surface area contributed by atoms with Crippen LogP contribution < -0.4 is 19.9 Å². The van der Waals surface area contributed by atoms with E-state index in [-0.39, 0.29) is 29.4 Å². The van der Waals surface area contributed by atoms with Crippen LogP contribution in [0.25, 0.3) is 0 Å². The molecule has 9 nitrogen and oxygen atoms in total. The van der Waals surface area contributed by atoms with Gasteiger partial charge in [0.2, 0.25) is 5.91 Å². The molecule has 0 saturated heterocycles. The Bertz CT molecular complexity index is 991. The summed E-state index contributed by atoms with van der Waals surface area (Å²) < 4.78 is 46.8. The third-order valence-corrected chi connectivity index (χ3v) is 4.41. The van der Waals surface area contributed by atoms with Gasteiger partial charge in [-0.25, -0.2) is 9.97 Å². The van der Waals surface area contributed by atoms with Crippen molar-refractivity contribution in [2.45, 2.75) is 59.0 Å². The summed E-state index contributed by atoms with van der Waals surface area (Å²) in [5.74, 6) is -1.01. The smallest absolute Gasteiger partial charge is 0.530 e. The van der Waals surface area contributed by atoms with Crippen LogP contribution in [0.4, 0.5) is 23.7 Å². The van der Waals surface area contributed by atoms with Gasteiger partial charge in [0, 0.05) is 11.6 Å². The number of amides is 2. The van der Waals surface area contributed by atoms with Gasteiger partial charge in [-0.05, 0) is 45.7 Å². The first-order valence-electron chi connectivity index (χ1n) is 9.88. The largest absolute Gasteiger partial charge is 0.573 e. The lowest BCUT2D eigenvalue weighted by molar-refractivity contribution is -0.275. The third-order valence-electron chi connectivity index (χ3n) is 4.41. The van der Waals surface area contributed by atoms with Crippen LogP contribution in [0, 0.1) is 6.92 Å². The SMILES string of the molecule is CC[C@H](C(=O)Nc1cnc(Oc2ccc(C)c(OC(F)(F)F)c2)nc1)N(C(=O)[O-])C(C)(C)C. The second kappa shape index (κ2) is 9.92. The molecule has 2 aromatic rings. The molecule has 180 valence electrons. The summed E-state index contributed by atoms with van der Waals surface area (Å²) in [5, 5.41) is 14.1. The molecule has 0 radical (unpaired) electrons. The molecule has 0 saturated carbocycles. The van der Waals surface area contributed by atoms with Crippen LogP contribution in [0.3, 0.4) is 0 Å². The lowest BCUT2D eigenvalue weighted by Crippen LogP contribution is -2.59. The van der Waals surface area contributed by atoms with E-state index < -0.39 is 35.7 Å². The zero-order valence-electron chi connectivity index (χ0n) is 18.7. The number of alkyl halides is 3. The number of hydrogen-bond acceptors (Lipinski definition) is 7. The molecule has 0 aliphatic heterocycles. The molecule has 0 bridgehead atoms. The summed E-state index contributed by atoms with van der Waals surface area (Å²) in [7, 11) is 0. The summed E-state index contributed by atoms with van der Waals surface area (Å²) in [6, 6.07) is 2.66. The standard InChI is InChI=1S/C21H25F3N4O5/c1-6-15(28(19(30)31)20(3,4)5)17(29)27-13-10-25-18(26-11-13)32-14-8-7-12(2)16(9-14)33-21(22,23)24/h7-11,15H,6H2,1-5H3,(H,27,29)(H,30,31)/p-1/t15-/m1/s1. The van der Waals surface area contributed by atoms with Crippen LogP contribution >= 0.6 is 0 Å². The monoisotopic (exact) mass is 469 g/mol. The van der Waals surface area contributed by atoms with Gasteiger partial charge in [-0.1, -0.05) is 13.0 Å². The zero-order valence-corrected chi connectivity index (χ0v) is 18.7. The van der Waals surface area contributed by atoms with Gasteiger partial charge in [0.1, 0.15) is 23.6 Å². The summed E-state index contributed by atoms with van der Waals surface area (Å²) >= 11 is 0. The molecule has 2 rings (SSSR count). The fraction of sp³-hybridized carbons (Fsp3) is 0.429.